The molecular formula is C32H35N3O4. The number of amides is 1. The normalized spacial score (nSPS) is 20.5. The number of carbonyl (C=O) groups is 1. The quantitative estimate of drug-likeness (QED) is 0.233. The van der Waals surface area contributed by atoms with E-state index in [0.29, 0.717) is 19.5 Å². The average Bonchev–Trinajstić information content (AvgIpc) is 3.54. The largest absolute Gasteiger partial charge is 0.396 e. The van der Waals surface area contributed by atoms with E-state index in [4.69, 9.17) is 4.84 Å². The van der Waals surface area contributed by atoms with Crippen molar-refractivity contribution in [1.29, 1.82) is 0 Å². The monoisotopic (exact) mass is 525 g/mol. The highest BCUT2D eigenvalue weighted by Gasteiger charge is 2.48. The Morgan fingerprint density at radius 1 is 1.03 bits per heavy atom. The van der Waals surface area contributed by atoms with E-state index >= 15 is 0 Å². The van der Waals surface area contributed by atoms with Gasteiger partial charge in [-0.05, 0) is 41.7 Å². The van der Waals surface area contributed by atoms with E-state index < -0.39 is 24.2 Å². The van der Waals surface area contributed by atoms with Crippen molar-refractivity contribution >= 4 is 29.0 Å². The lowest BCUT2D eigenvalue weighted by Gasteiger charge is -2.24. The summed E-state index contributed by atoms with van der Waals surface area (Å²) in [6, 6.07) is 25.5. The van der Waals surface area contributed by atoms with E-state index in [1.54, 1.807) is 12.0 Å². The highest BCUT2D eigenvalue weighted by molar-refractivity contribution is 5.84. The number of hydroxylamine groups is 2. The Morgan fingerprint density at radius 2 is 1.72 bits per heavy atom. The van der Waals surface area contributed by atoms with Crippen LogP contribution in [0.4, 0.5) is 0 Å². The number of hydrogen-bond donors (Lipinski definition) is 4. The first-order chi connectivity index (χ1) is 19.0. The number of para-hydroxylation sites is 1. The number of nitrogens with one attached hydrogen (secondary N) is 2. The molecule has 4 N–H and O–H groups in total. The van der Waals surface area contributed by atoms with Crippen LogP contribution >= 0.6 is 0 Å². The summed E-state index contributed by atoms with van der Waals surface area (Å²) < 4.78 is 0. The number of fused-ring (bicyclic) bond motifs is 1. The van der Waals surface area contributed by atoms with Crippen LogP contribution in [-0.2, 0) is 22.6 Å². The molecule has 1 fully saturated rings. The number of hydrogen-bond acceptors (Lipinski definition) is 5. The van der Waals surface area contributed by atoms with Gasteiger partial charge in [0, 0.05) is 29.6 Å². The summed E-state index contributed by atoms with van der Waals surface area (Å²) in [6.07, 6.45) is 5.26. The summed E-state index contributed by atoms with van der Waals surface area (Å²) in [5.74, 6) is -0.773. The molecule has 7 heteroatoms. The van der Waals surface area contributed by atoms with Gasteiger partial charge in [0.2, 0.25) is 5.91 Å². The average molecular weight is 526 g/mol. The summed E-state index contributed by atoms with van der Waals surface area (Å²) in [4.78, 5) is 22.7. The number of aliphatic hydroxyl groups is 2. The fraction of sp³-hybridized carbons (Fsp3) is 0.281. The number of carbonyl (C=O) groups excluding carboxylic acids is 1. The third kappa shape index (κ3) is 6.29. The van der Waals surface area contributed by atoms with Gasteiger partial charge in [0.05, 0.1) is 19.3 Å². The molecule has 0 saturated carbocycles. The van der Waals surface area contributed by atoms with Crippen molar-refractivity contribution in [3.05, 3.63) is 107 Å². The smallest absolute Gasteiger partial charge is 0.240 e. The number of aliphatic hydroxyl groups excluding tert-OH is 2. The van der Waals surface area contributed by atoms with E-state index in [9.17, 15) is 15.0 Å². The number of H-pyrrole nitrogens is 1. The highest BCUT2D eigenvalue weighted by Crippen LogP contribution is 2.31. The Balaban J connectivity index is 1.25. The van der Waals surface area contributed by atoms with Crippen LogP contribution in [0.3, 0.4) is 0 Å². The molecule has 1 saturated heterocycles. The Hall–Kier alpha value is -3.75. The molecule has 4 aromatic rings. The standard InChI is InChI=1S/C32H35N3O4/c1-22(37)31-28(21-36)30(32(38)33-18-17-26-19-34-29-10-6-5-9-27(26)29)35(39-31)20-25-15-13-24(14-16-25)12-11-23-7-3-2-4-8-23/h2-16,19,22,28,30-31,34,36-37H,17-18,20-21H2,1H3,(H,33,38)/b12-11-/t22?,28-,30-,31-/m0/s1. The molecule has 1 amide bonds. The number of aromatic nitrogens is 1. The lowest BCUT2D eigenvalue weighted by Crippen LogP contribution is -2.48. The minimum absolute atomic E-state index is 0.223. The Kier molecular flexibility index (Phi) is 8.54. The van der Waals surface area contributed by atoms with Gasteiger partial charge >= 0.3 is 0 Å². The van der Waals surface area contributed by atoms with Crippen molar-refractivity contribution in [3.63, 3.8) is 0 Å². The van der Waals surface area contributed by atoms with Crippen LogP contribution in [0.5, 0.6) is 0 Å². The fourth-order valence-corrected chi connectivity index (χ4v) is 5.24. The van der Waals surface area contributed by atoms with Crippen molar-refractivity contribution < 1.29 is 19.8 Å². The first-order valence-electron chi connectivity index (χ1n) is 13.4. The molecule has 1 aromatic heterocycles. The minimum atomic E-state index is -0.834. The molecule has 0 spiro atoms. The maximum Gasteiger partial charge on any atom is 0.240 e. The van der Waals surface area contributed by atoms with Gasteiger partial charge in [0.15, 0.2) is 0 Å². The molecule has 39 heavy (non-hydrogen) atoms. The topological polar surface area (TPSA) is 97.8 Å². The third-order valence-electron chi connectivity index (χ3n) is 7.30. The van der Waals surface area contributed by atoms with Crippen molar-refractivity contribution in [3.8, 4) is 0 Å². The van der Waals surface area contributed by atoms with Crippen LogP contribution in [0.1, 0.15) is 29.2 Å². The molecular weight excluding hydrogens is 490 g/mol. The molecule has 4 atom stereocenters. The van der Waals surface area contributed by atoms with Crippen LogP contribution in [0, 0.1) is 5.92 Å². The van der Waals surface area contributed by atoms with Crippen molar-refractivity contribution in [2.75, 3.05) is 13.2 Å². The Bertz CT molecular complexity index is 1400. The van der Waals surface area contributed by atoms with E-state index in [-0.39, 0.29) is 12.5 Å². The second kappa shape index (κ2) is 12.4. The Labute approximate surface area is 228 Å². The van der Waals surface area contributed by atoms with Gasteiger partial charge in [0.1, 0.15) is 12.1 Å². The second-order valence-corrected chi connectivity index (χ2v) is 10.1. The van der Waals surface area contributed by atoms with Crippen LogP contribution in [0.15, 0.2) is 85.1 Å². The minimum Gasteiger partial charge on any atom is -0.396 e. The van der Waals surface area contributed by atoms with Gasteiger partial charge in [-0.2, -0.15) is 5.06 Å². The molecule has 0 aliphatic carbocycles. The van der Waals surface area contributed by atoms with Gasteiger partial charge in [-0.3, -0.25) is 9.63 Å². The fourth-order valence-electron chi connectivity index (χ4n) is 5.24. The lowest BCUT2D eigenvalue weighted by atomic mass is 9.92. The van der Waals surface area contributed by atoms with Crippen LogP contribution in [0.25, 0.3) is 23.1 Å². The maximum absolute atomic E-state index is 13.4. The molecule has 1 aliphatic rings. The van der Waals surface area contributed by atoms with E-state index in [0.717, 1.165) is 33.2 Å². The van der Waals surface area contributed by atoms with Crippen molar-refractivity contribution in [1.82, 2.24) is 15.4 Å². The third-order valence-corrected chi connectivity index (χ3v) is 7.30. The number of rotatable bonds is 10. The van der Waals surface area contributed by atoms with Crippen LogP contribution in [-0.4, -0.2) is 57.6 Å². The Morgan fingerprint density at radius 3 is 2.44 bits per heavy atom. The molecule has 1 aliphatic heterocycles. The molecule has 3 aromatic carbocycles. The molecule has 1 unspecified atom stereocenters. The number of nitrogens with zero attached hydrogens (tertiary/aromatic N) is 1. The summed E-state index contributed by atoms with van der Waals surface area (Å²) >= 11 is 0. The van der Waals surface area contributed by atoms with E-state index in [1.807, 2.05) is 66.9 Å². The SMILES string of the molecule is CC(O)[C@@H]1ON(Cc2ccc(/C=C\c3ccccc3)cc2)[C@H](C(=O)NCCc2c[nH]c3ccccc23)[C@@H]1CO. The summed E-state index contributed by atoms with van der Waals surface area (Å²) in [7, 11) is 0. The molecule has 5 rings (SSSR count). The van der Waals surface area contributed by atoms with Crippen molar-refractivity contribution in [2.45, 2.75) is 38.1 Å². The van der Waals surface area contributed by atoms with Gasteiger partial charge in [-0.15, -0.1) is 0 Å². The zero-order valence-corrected chi connectivity index (χ0v) is 22.0. The maximum atomic E-state index is 13.4. The first-order valence-corrected chi connectivity index (χ1v) is 13.4. The summed E-state index contributed by atoms with van der Waals surface area (Å²) in [6.45, 7) is 2.15. The van der Waals surface area contributed by atoms with E-state index in [1.165, 1.54) is 0 Å². The molecule has 0 bridgehead atoms. The highest BCUT2D eigenvalue weighted by atomic mass is 16.7. The van der Waals surface area contributed by atoms with Crippen LogP contribution < -0.4 is 5.32 Å². The molecule has 2 heterocycles. The van der Waals surface area contributed by atoms with Crippen molar-refractivity contribution in [2.24, 2.45) is 5.92 Å². The van der Waals surface area contributed by atoms with Crippen LogP contribution in [0.2, 0.25) is 0 Å². The molecule has 0 radical (unpaired) electrons. The number of aromatic amines is 1. The molecule has 202 valence electrons. The van der Waals surface area contributed by atoms with Gasteiger partial charge < -0.3 is 20.5 Å². The van der Waals surface area contributed by atoms with Gasteiger partial charge in [0.25, 0.3) is 0 Å². The summed E-state index contributed by atoms with van der Waals surface area (Å²) in [5.41, 5.74) is 5.35. The zero-order valence-electron chi connectivity index (χ0n) is 22.0. The first kappa shape index (κ1) is 26.8. The van der Waals surface area contributed by atoms with Gasteiger partial charge in [-0.1, -0.05) is 84.9 Å². The predicted molar refractivity (Wildman–Crippen MR) is 153 cm³/mol. The zero-order chi connectivity index (χ0) is 27.2. The summed E-state index contributed by atoms with van der Waals surface area (Å²) in [5, 5.41) is 26.3. The molecule has 7 nitrogen and oxygen atoms in total. The predicted octanol–water partition coefficient (Wildman–Crippen LogP) is 4.17. The van der Waals surface area contributed by atoms with E-state index in [2.05, 4.69) is 40.7 Å². The lowest BCUT2D eigenvalue weighted by molar-refractivity contribution is -0.192. The number of benzene rings is 3. The second-order valence-electron chi connectivity index (χ2n) is 10.1. The van der Waals surface area contributed by atoms with Gasteiger partial charge in [-0.25, -0.2) is 0 Å².